The molecule has 0 bridgehead atoms. The number of hydrogen-bond acceptors (Lipinski definition) is 5. The van der Waals surface area contributed by atoms with Crippen LogP contribution in [0.4, 0.5) is 0 Å². The molecule has 1 aliphatic heterocycles. The molecule has 1 aliphatic rings. The highest BCUT2D eigenvalue weighted by Crippen LogP contribution is 2.24. The third-order valence-corrected chi connectivity index (χ3v) is 4.05. The molecule has 0 radical (unpaired) electrons. The van der Waals surface area contributed by atoms with Crippen LogP contribution in [0.2, 0.25) is 0 Å². The van der Waals surface area contributed by atoms with Crippen LogP contribution >= 0.6 is 0 Å². The van der Waals surface area contributed by atoms with Crippen LogP contribution in [-0.4, -0.2) is 21.7 Å². The Kier molecular flexibility index (Phi) is 4.44. The van der Waals surface area contributed by atoms with Gasteiger partial charge in [0.25, 0.3) is 0 Å². The topological polar surface area (TPSA) is 95.9 Å². The molecule has 2 aromatic rings. The first-order chi connectivity index (χ1) is 11.2. The van der Waals surface area contributed by atoms with Crippen LogP contribution in [0, 0.1) is 11.3 Å². The van der Waals surface area contributed by atoms with Gasteiger partial charge in [0.15, 0.2) is 0 Å². The molecule has 7 heteroatoms. The quantitative estimate of drug-likeness (QED) is 0.871. The number of nitrogens with zero attached hydrogens (tertiary/aromatic N) is 3. The number of nitrogens with one attached hydrogen (secondary N) is 2. The van der Waals surface area contributed by atoms with E-state index in [9.17, 15) is 4.79 Å². The van der Waals surface area contributed by atoms with Crippen molar-refractivity contribution in [2.45, 2.75) is 44.9 Å². The molecule has 7 nitrogen and oxygen atoms in total. The lowest BCUT2D eigenvalue weighted by atomic mass is 9.93. The highest BCUT2D eigenvalue weighted by atomic mass is 16.3. The number of hydrogen-bond donors (Lipinski definition) is 2. The molecule has 23 heavy (non-hydrogen) atoms. The maximum absolute atomic E-state index is 11.8. The van der Waals surface area contributed by atoms with Crippen LogP contribution in [0.25, 0.3) is 0 Å². The van der Waals surface area contributed by atoms with Gasteiger partial charge in [-0.3, -0.25) is 9.48 Å². The Hall–Kier alpha value is -2.59. The van der Waals surface area contributed by atoms with Crippen molar-refractivity contribution in [3.8, 4) is 6.07 Å². The van der Waals surface area contributed by atoms with Gasteiger partial charge in [-0.25, -0.2) is 0 Å². The molecule has 3 heterocycles. The first kappa shape index (κ1) is 15.3. The summed E-state index contributed by atoms with van der Waals surface area (Å²) in [6, 6.07) is 5.40. The number of nitriles is 1. The molecular weight excluding hydrogens is 294 g/mol. The fourth-order valence-corrected chi connectivity index (χ4v) is 2.81. The third kappa shape index (κ3) is 3.43. The smallest absolute Gasteiger partial charge is 0.220 e. The Morgan fingerprint density at radius 2 is 2.43 bits per heavy atom. The molecule has 1 amide bonds. The highest BCUT2D eigenvalue weighted by Gasteiger charge is 2.30. The molecule has 120 valence electrons. The van der Waals surface area contributed by atoms with E-state index in [1.54, 1.807) is 18.3 Å². The first-order valence-corrected chi connectivity index (χ1v) is 7.73. The molecule has 2 N–H and O–H groups in total. The Bertz CT molecular complexity index is 727. The highest BCUT2D eigenvalue weighted by molar-refractivity contribution is 5.77. The number of furan rings is 1. The summed E-state index contributed by atoms with van der Waals surface area (Å²) in [6.07, 6.45) is 5.01. The predicted octanol–water partition coefficient (Wildman–Crippen LogP) is 1.48. The van der Waals surface area contributed by atoms with E-state index in [-0.39, 0.29) is 18.0 Å². The van der Waals surface area contributed by atoms with Gasteiger partial charge in [0.1, 0.15) is 11.8 Å². The van der Waals surface area contributed by atoms with Crippen molar-refractivity contribution in [3.63, 3.8) is 0 Å². The normalized spacial score (nSPS) is 21.0. The number of aromatic nitrogens is 2. The number of aryl methyl sites for hydroxylation is 1. The Morgan fingerprint density at radius 1 is 1.57 bits per heavy atom. The standard InChI is InChI=1S/C16H19N5O2/c1-2-21-10-11(8-19-21)16-14(5-6-15(22)20-16)18-9-13-4-3-12(7-17)23-13/h3-4,8,10,14,16,18H,2,5-6,9H2,1H3,(H,20,22)/t14-,16+/m1/s1. The maximum Gasteiger partial charge on any atom is 0.220 e. The van der Waals surface area contributed by atoms with Gasteiger partial charge in [-0.2, -0.15) is 10.4 Å². The summed E-state index contributed by atoms with van der Waals surface area (Å²) < 4.78 is 7.23. The average molecular weight is 313 g/mol. The molecule has 0 saturated carbocycles. The van der Waals surface area contributed by atoms with Gasteiger partial charge in [0, 0.05) is 30.8 Å². The van der Waals surface area contributed by atoms with Gasteiger partial charge in [0.05, 0.1) is 18.8 Å². The molecule has 0 aliphatic carbocycles. The number of carbonyl (C=O) groups is 1. The van der Waals surface area contributed by atoms with Crippen LogP contribution < -0.4 is 10.6 Å². The zero-order valence-electron chi connectivity index (χ0n) is 13.0. The molecule has 1 fully saturated rings. The lowest BCUT2D eigenvalue weighted by Crippen LogP contribution is -2.48. The SMILES string of the molecule is CCn1cc([C@@H]2NC(=O)CC[C@H]2NCc2ccc(C#N)o2)cn1. The summed E-state index contributed by atoms with van der Waals surface area (Å²) >= 11 is 0. The van der Waals surface area contributed by atoms with Crippen LogP contribution in [0.1, 0.15) is 42.9 Å². The Morgan fingerprint density at radius 3 is 3.13 bits per heavy atom. The summed E-state index contributed by atoms with van der Waals surface area (Å²) in [6.45, 7) is 3.33. The first-order valence-electron chi connectivity index (χ1n) is 7.73. The van der Waals surface area contributed by atoms with Gasteiger partial charge in [-0.05, 0) is 25.5 Å². The zero-order chi connectivity index (χ0) is 16.2. The molecule has 1 saturated heterocycles. The van der Waals surface area contributed by atoms with E-state index < -0.39 is 0 Å². The second-order valence-electron chi connectivity index (χ2n) is 5.58. The van der Waals surface area contributed by atoms with Gasteiger partial charge < -0.3 is 15.1 Å². The lowest BCUT2D eigenvalue weighted by Gasteiger charge is -2.32. The number of amides is 1. The number of carbonyl (C=O) groups excluding carboxylic acids is 1. The van der Waals surface area contributed by atoms with Crippen LogP contribution in [0.5, 0.6) is 0 Å². The van der Waals surface area contributed by atoms with Gasteiger partial charge >= 0.3 is 0 Å². The van der Waals surface area contributed by atoms with Crippen molar-refractivity contribution in [2.75, 3.05) is 0 Å². The van der Waals surface area contributed by atoms with Crippen molar-refractivity contribution >= 4 is 5.91 Å². The van der Waals surface area contributed by atoms with E-state index in [1.807, 2.05) is 23.9 Å². The number of piperidine rings is 1. The Labute approximate surface area is 134 Å². The average Bonchev–Trinajstić information content (AvgIpc) is 3.22. The van der Waals surface area contributed by atoms with E-state index in [2.05, 4.69) is 15.7 Å². The molecule has 2 aromatic heterocycles. The zero-order valence-corrected chi connectivity index (χ0v) is 13.0. The van der Waals surface area contributed by atoms with Gasteiger partial charge in [-0.1, -0.05) is 0 Å². The van der Waals surface area contributed by atoms with Crippen LogP contribution in [-0.2, 0) is 17.9 Å². The number of rotatable bonds is 5. The van der Waals surface area contributed by atoms with Gasteiger partial charge in [0.2, 0.25) is 11.7 Å². The van der Waals surface area contributed by atoms with E-state index in [0.29, 0.717) is 24.5 Å². The van der Waals surface area contributed by atoms with Crippen LogP contribution in [0.15, 0.2) is 28.9 Å². The molecule has 0 spiro atoms. The van der Waals surface area contributed by atoms with E-state index >= 15 is 0 Å². The lowest BCUT2D eigenvalue weighted by molar-refractivity contribution is -0.123. The van der Waals surface area contributed by atoms with E-state index in [1.165, 1.54) is 0 Å². The second kappa shape index (κ2) is 6.67. The largest absolute Gasteiger partial charge is 0.449 e. The van der Waals surface area contributed by atoms with Crippen molar-refractivity contribution in [1.82, 2.24) is 20.4 Å². The minimum atomic E-state index is -0.109. The van der Waals surface area contributed by atoms with E-state index in [4.69, 9.17) is 9.68 Å². The molecule has 0 aromatic carbocycles. The summed E-state index contributed by atoms with van der Waals surface area (Å²) in [7, 11) is 0. The third-order valence-electron chi connectivity index (χ3n) is 4.05. The summed E-state index contributed by atoms with van der Waals surface area (Å²) in [5, 5.41) is 19.5. The summed E-state index contributed by atoms with van der Waals surface area (Å²) in [5.74, 6) is 1.07. The molecular formula is C16H19N5O2. The monoisotopic (exact) mass is 313 g/mol. The van der Waals surface area contributed by atoms with Crippen molar-refractivity contribution in [3.05, 3.63) is 41.6 Å². The van der Waals surface area contributed by atoms with Crippen molar-refractivity contribution < 1.29 is 9.21 Å². The minimum absolute atomic E-state index is 0.0575. The summed E-state index contributed by atoms with van der Waals surface area (Å²) in [4.78, 5) is 11.8. The van der Waals surface area contributed by atoms with Crippen molar-refractivity contribution in [1.29, 1.82) is 5.26 Å². The van der Waals surface area contributed by atoms with E-state index in [0.717, 1.165) is 18.5 Å². The second-order valence-corrected chi connectivity index (χ2v) is 5.58. The molecule has 2 atom stereocenters. The fourth-order valence-electron chi connectivity index (χ4n) is 2.81. The molecule has 0 unspecified atom stereocenters. The maximum atomic E-state index is 11.8. The Balaban J connectivity index is 1.70. The summed E-state index contributed by atoms with van der Waals surface area (Å²) in [5.41, 5.74) is 0.995. The molecule has 3 rings (SSSR count). The fraction of sp³-hybridized carbons (Fsp3) is 0.438. The van der Waals surface area contributed by atoms with Crippen LogP contribution in [0.3, 0.4) is 0 Å². The van der Waals surface area contributed by atoms with Crippen molar-refractivity contribution in [2.24, 2.45) is 0 Å². The predicted molar refractivity (Wildman–Crippen MR) is 82.1 cm³/mol. The van der Waals surface area contributed by atoms with Gasteiger partial charge in [-0.15, -0.1) is 0 Å². The minimum Gasteiger partial charge on any atom is -0.449 e.